The smallest absolute Gasteiger partial charge is 0.132 e. The Hall–Kier alpha value is 0.314. The van der Waals surface area contributed by atoms with E-state index in [0.717, 1.165) is 12.2 Å². The normalized spacial score (nSPS) is 14.1. The van der Waals surface area contributed by atoms with Gasteiger partial charge in [-0.3, -0.25) is 11.1 Å². The van der Waals surface area contributed by atoms with E-state index in [9.17, 15) is 19.2 Å². The standard InChI is InChI=1S/C5H10BOP.C4H3NO2.C3H5BOP.Y/c1-2-4(7)3-5(6)8;6-3-1-2-4(7)5-3;4-3(6)1-2-5;/h5H,2-3,8H2,1H3;1-2H,(H,5,6,7);3H,1,6H2;/q;;-1;/p-1. The zero-order chi connectivity index (χ0) is 16.8. The summed E-state index contributed by atoms with van der Waals surface area (Å²) in [5.41, 5.74) is -0.162. The van der Waals surface area contributed by atoms with E-state index in [4.69, 9.17) is 15.7 Å². The minimum Gasteiger partial charge on any atom is -0.589 e. The van der Waals surface area contributed by atoms with Crippen LogP contribution in [0.5, 0.6) is 0 Å². The fraction of sp³-hybridized carbons (Fsp3) is 0.500. The fourth-order valence-corrected chi connectivity index (χ4v) is 1.19. The summed E-state index contributed by atoms with van der Waals surface area (Å²) in [7, 11) is 15.1. The monoisotopic (exact) mass is 412 g/mol. The van der Waals surface area contributed by atoms with Crippen molar-refractivity contribution in [1.82, 2.24) is 0 Å². The molecule has 10 heteroatoms. The molecule has 1 aliphatic rings. The average Bonchev–Trinajstić information content (AvgIpc) is 2.73. The van der Waals surface area contributed by atoms with Crippen molar-refractivity contribution in [2.75, 3.05) is 0 Å². The summed E-state index contributed by atoms with van der Waals surface area (Å²) in [6.45, 7) is 1.84. The van der Waals surface area contributed by atoms with Gasteiger partial charge in [-0.2, -0.15) is 6.42 Å². The first-order chi connectivity index (χ1) is 9.72. The molecule has 0 aromatic heterocycles. The molecule has 0 aromatic rings. The van der Waals surface area contributed by atoms with E-state index in [2.05, 4.69) is 23.8 Å². The number of hydrogen-bond acceptors (Lipinski definition) is 4. The van der Waals surface area contributed by atoms with E-state index >= 15 is 0 Å². The van der Waals surface area contributed by atoms with Gasteiger partial charge in [-0.25, -0.2) is 0 Å². The van der Waals surface area contributed by atoms with Crippen LogP contribution in [0.4, 0.5) is 0 Å². The second kappa shape index (κ2) is 17.7. The van der Waals surface area contributed by atoms with Crippen molar-refractivity contribution >= 4 is 58.1 Å². The van der Waals surface area contributed by atoms with Gasteiger partial charge in [0.05, 0.1) is 27.5 Å². The summed E-state index contributed by atoms with van der Waals surface area (Å²) in [6, 6.07) is 0. The quantitative estimate of drug-likeness (QED) is 0.286. The van der Waals surface area contributed by atoms with E-state index in [0.29, 0.717) is 19.3 Å². The predicted octanol–water partition coefficient (Wildman–Crippen LogP) is 0.562. The molecule has 0 bridgehead atoms. The molecule has 0 saturated heterocycles. The van der Waals surface area contributed by atoms with Crippen LogP contribution in [0.3, 0.4) is 0 Å². The van der Waals surface area contributed by atoms with Crippen LogP contribution >= 0.6 is 18.5 Å². The number of carbonyl (C=O) groups excluding carboxylic acids is 4. The molecule has 22 heavy (non-hydrogen) atoms. The molecule has 1 rings (SSSR count). The SMILES string of the molecule is O=C1C=CC(=O)[N-]1.[B]C(P)CC(=O)CC.[B]C(P)C[C-]=O.[Y]. The molecule has 0 saturated carbocycles. The van der Waals surface area contributed by atoms with Gasteiger partial charge in [0, 0.05) is 45.6 Å². The van der Waals surface area contributed by atoms with Gasteiger partial charge >= 0.3 is 0 Å². The van der Waals surface area contributed by atoms with Gasteiger partial charge in [-0.05, 0) is 12.2 Å². The fourth-order valence-electron chi connectivity index (χ4n) is 0.829. The maximum absolute atomic E-state index is 10.5. The van der Waals surface area contributed by atoms with Crippen molar-refractivity contribution in [2.45, 2.75) is 37.3 Å². The van der Waals surface area contributed by atoms with Crippen LogP contribution in [-0.2, 0) is 51.9 Å². The number of ketones is 1. The van der Waals surface area contributed by atoms with Crippen molar-refractivity contribution in [1.29, 1.82) is 0 Å². The van der Waals surface area contributed by atoms with Crippen LogP contribution in [-0.4, -0.2) is 50.7 Å². The first-order valence-electron chi connectivity index (χ1n) is 6.09. The van der Waals surface area contributed by atoms with E-state index in [1.165, 1.54) is 0 Å². The van der Waals surface area contributed by atoms with Crippen molar-refractivity contribution in [3.05, 3.63) is 17.5 Å². The van der Waals surface area contributed by atoms with Gasteiger partial charge in [0.15, 0.2) is 0 Å². The topological polar surface area (TPSA) is 82.4 Å². The number of Topliss-reactive ketones (excluding diaryl/α,β-unsaturated/α-hetero) is 1. The minimum absolute atomic E-state index is 0. The molecule has 1 heterocycles. The Kier molecular flexibility index (Phi) is 21.8. The molecule has 5 radical (unpaired) electrons. The molecule has 4 atom stereocenters. The number of amides is 2. The maximum atomic E-state index is 10.5. The van der Waals surface area contributed by atoms with Crippen LogP contribution < -0.4 is 0 Å². The molecule has 0 fully saturated rings. The van der Waals surface area contributed by atoms with Crippen LogP contribution in [0.25, 0.3) is 5.32 Å². The largest absolute Gasteiger partial charge is 0.589 e. The number of rotatable bonds is 5. The third-order valence-electron chi connectivity index (χ3n) is 1.77. The minimum atomic E-state index is -0.454. The first kappa shape index (κ1) is 27.2. The van der Waals surface area contributed by atoms with Gasteiger partial charge in [-0.1, -0.05) is 18.0 Å². The molecule has 0 aromatic carbocycles. The molecular weight excluding hydrogens is 395 g/mol. The second-order valence-electron chi connectivity index (χ2n) is 3.89. The molecule has 115 valence electrons. The summed E-state index contributed by atoms with van der Waals surface area (Å²) in [4.78, 5) is 39.9. The van der Waals surface area contributed by atoms with E-state index < -0.39 is 11.8 Å². The second-order valence-corrected chi connectivity index (χ2v) is 5.61. The third-order valence-corrected chi connectivity index (χ3v) is 2.24. The van der Waals surface area contributed by atoms with Crippen LogP contribution in [0, 0.1) is 0 Å². The van der Waals surface area contributed by atoms with Crippen molar-refractivity contribution < 1.29 is 51.9 Å². The molecule has 0 N–H and O–H groups in total. The Morgan fingerprint density at radius 1 is 1.23 bits per heavy atom. The zero-order valence-corrected chi connectivity index (χ0v) is 17.5. The molecule has 5 nitrogen and oxygen atoms in total. The van der Waals surface area contributed by atoms with Crippen molar-refractivity contribution in [3.63, 3.8) is 0 Å². The summed E-state index contributed by atoms with van der Waals surface area (Å²) in [5, 5.41) is 3.00. The first-order valence-corrected chi connectivity index (χ1v) is 7.43. The maximum Gasteiger partial charge on any atom is 0.132 e. The zero-order valence-electron chi connectivity index (χ0n) is 12.4. The number of nitrogens with zero attached hydrogens (tertiary/aromatic N) is 1. The Morgan fingerprint density at radius 2 is 1.68 bits per heavy atom. The average molecular weight is 412 g/mol. The summed E-state index contributed by atoms with van der Waals surface area (Å²) < 4.78 is 0. The molecule has 0 spiro atoms. The van der Waals surface area contributed by atoms with E-state index in [1.807, 2.05) is 6.92 Å². The molecular formula is C12H17B2NO4P2Y-2. The number of carbonyl (C=O) groups is 3. The van der Waals surface area contributed by atoms with Crippen molar-refractivity contribution in [2.24, 2.45) is 0 Å². The van der Waals surface area contributed by atoms with Crippen LogP contribution in [0.2, 0.25) is 0 Å². The molecule has 0 aliphatic carbocycles. The molecule has 2 amide bonds. The van der Waals surface area contributed by atoms with Gasteiger partial charge in [-0.15, -0.1) is 18.5 Å². The van der Waals surface area contributed by atoms with Gasteiger partial charge < -0.3 is 19.7 Å². The summed E-state index contributed by atoms with van der Waals surface area (Å²) in [5.74, 6) is -0.678. The van der Waals surface area contributed by atoms with E-state index in [-0.39, 0.29) is 49.6 Å². The molecule has 4 unspecified atom stereocenters. The predicted molar refractivity (Wildman–Crippen MR) is 91.2 cm³/mol. The van der Waals surface area contributed by atoms with Gasteiger partial charge in [0.25, 0.3) is 0 Å². The van der Waals surface area contributed by atoms with Gasteiger partial charge in [0.1, 0.15) is 5.78 Å². The third kappa shape index (κ3) is 22.6. The van der Waals surface area contributed by atoms with Crippen molar-refractivity contribution in [3.8, 4) is 0 Å². The Bertz CT molecular complexity index is 377. The number of imide groups is 1. The Labute approximate surface area is 164 Å². The van der Waals surface area contributed by atoms with Gasteiger partial charge in [0.2, 0.25) is 0 Å². The summed E-state index contributed by atoms with van der Waals surface area (Å²) in [6.07, 6.45) is 5.35. The Balaban J connectivity index is -0.000000243. The van der Waals surface area contributed by atoms with E-state index in [1.54, 1.807) is 6.29 Å². The Morgan fingerprint density at radius 3 is 1.77 bits per heavy atom. The van der Waals surface area contributed by atoms with Crippen LogP contribution in [0.1, 0.15) is 26.2 Å². The van der Waals surface area contributed by atoms with Crippen LogP contribution in [0.15, 0.2) is 12.2 Å². The summed E-state index contributed by atoms with van der Waals surface area (Å²) >= 11 is 0. The number of hydrogen-bond donors (Lipinski definition) is 0. The molecule has 1 aliphatic heterocycles.